The normalized spacial score (nSPS) is 16.9. The van der Waals surface area contributed by atoms with E-state index in [9.17, 15) is 9.18 Å². The van der Waals surface area contributed by atoms with Crippen molar-refractivity contribution < 1.29 is 9.18 Å². The van der Waals surface area contributed by atoms with Crippen molar-refractivity contribution in [1.82, 2.24) is 19.7 Å². The zero-order chi connectivity index (χ0) is 16.4. The van der Waals surface area contributed by atoms with Gasteiger partial charge < -0.3 is 9.47 Å². The van der Waals surface area contributed by atoms with Crippen molar-refractivity contribution in [2.45, 2.75) is 38.9 Å². The number of fused-ring (bicyclic) bond motifs is 1. The number of halogens is 2. The van der Waals surface area contributed by atoms with E-state index in [-0.39, 0.29) is 30.2 Å². The third kappa shape index (κ3) is 3.22. The maximum atomic E-state index is 14.1. The van der Waals surface area contributed by atoms with Gasteiger partial charge in [0.2, 0.25) is 5.91 Å². The minimum Gasteiger partial charge on any atom is -0.332 e. The molecule has 0 spiro atoms. The summed E-state index contributed by atoms with van der Waals surface area (Å²) in [6.07, 6.45) is 3.18. The fourth-order valence-corrected chi connectivity index (χ4v) is 3.18. The lowest BCUT2D eigenvalue weighted by Gasteiger charge is -2.34. The second-order valence-corrected chi connectivity index (χ2v) is 6.05. The van der Waals surface area contributed by atoms with Gasteiger partial charge in [-0.2, -0.15) is 0 Å². The predicted molar refractivity (Wildman–Crippen MR) is 84.5 cm³/mol. The highest BCUT2D eigenvalue weighted by Gasteiger charge is 2.29. The van der Waals surface area contributed by atoms with Crippen LogP contribution in [-0.2, 0) is 24.3 Å². The minimum absolute atomic E-state index is 0.0382. The summed E-state index contributed by atoms with van der Waals surface area (Å²) in [5, 5.41) is 7.95. The van der Waals surface area contributed by atoms with Crippen LogP contribution >= 0.6 is 11.6 Å². The van der Waals surface area contributed by atoms with E-state index in [2.05, 4.69) is 10.2 Å². The molecule has 0 saturated heterocycles. The van der Waals surface area contributed by atoms with Crippen molar-refractivity contribution in [2.24, 2.45) is 0 Å². The van der Waals surface area contributed by atoms with Gasteiger partial charge in [0.1, 0.15) is 23.8 Å². The second-order valence-electron chi connectivity index (χ2n) is 5.78. The zero-order valence-electron chi connectivity index (χ0n) is 12.9. The lowest BCUT2D eigenvalue weighted by molar-refractivity contribution is -0.132. The van der Waals surface area contributed by atoms with Crippen molar-refractivity contribution in [3.63, 3.8) is 0 Å². The Bertz CT molecular complexity index is 698. The largest absolute Gasteiger partial charge is 0.332 e. The molecule has 3 rings (SSSR count). The van der Waals surface area contributed by atoms with Crippen molar-refractivity contribution >= 4 is 17.5 Å². The Balaban J connectivity index is 1.86. The smallest absolute Gasteiger partial charge is 0.238 e. The molecule has 1 amide bonds. The van der Waals surface area contributed by atoms with Crippen LogP contribution in [0.15, 0.2) is 24.5 Å². The third-order valence-electron chi connectivity index (χ3n) is 4.36. The van der Waals surface area contributed by atoms with Gasteiger partial charge in [-0.1, -0.05) is 12.1 Å². The van der Waals surface area contributed by atoms with Gasteiger partial charge in [0.25, 0.3) is 0 Å². The van der Waals surface area contributed by atoms with Crippen LogP contribution in [0.5, 0.6) is 0 Å². The van der Waals surface area contributed by atoms with Crippen LogP contribution in [0.25, 0.3) is 0 Å². The minimum atomic E-state index is -0.293. The van der Waals surface area contributed by atoms with Gasteiger partial charge in [-0.3, -0.25) is 4.79 Å². The number of aryl methyl sites for hydroxylation is 2. The number of alkyl halides is 1. The van der Waals surface area contributed by atoms with Crippen LogP contribution in [0.2, 0.25) is 0 Å². The second kappa shape index (κ2) is 6.66. The van der Waals surface area contributed by atoms with Gasteiger partial charge in [0.15, 0.2) is 0 Å². The number of amides is 1. The number of carbonyl (C=O) groups excluding carboxylic acids is 1. The monoisotopic (exact) mass is 336 g/mol. The molecule has 1 atom stereocenters. The molecule has 0 saturated carbocycles. The summed E-state index contributed by atoms with van der Waals surface area (Å²) < 4.78 is 16.1. The molecule has 1 aliphatic heterocycles. The van der Waals surface area contributed by atoms with Crippen molar-refractivity contribution in [3.8, 4) is 0 Å². The Labute approximate surface area is 139 Å². The number of aromatic nitrogens is 3. The van der Waals surface area contributed by atoms with Gasteiger partial charge >= 0.3 is 0 Å². The maximum absolute atomic E-state index is 14.1. The first kappa shape index (κ1) is 15.9. The third-order valence-corrected chi connectivity index (χ3v) is 4.59. The maximum Gasteiger partial charge on any atom is 0.238 e. The molecule has 0 aliphatic carbocycles. The Morgan fingerprint density at radius 2 is 2.35 bits per heavy atom. The van der Waals surface area contributed by atoms with Gasteiger partial charge in [-0.25, -0.2) is 4.39 Å². The Morgan fingerprint density at radius 1 is 1.52 bits per heavy atom. The van der Waals surface area contributed by atoms with Crippen LogP contribution in [0, 0.1) is 12.7 Å². The van der Waals surface area contributed by atoms with Crippen molar-refractivity contribution in [1.29, 1.82) is 0 Å². The van der Waals surface area contributed by atoms with E-state index in [1.165, 1.54) is 6.07 Å². The van der Waals surface area contributed by atoms with E-state index in [0.717, 1.165) is 24.2 Å². The molecule has 0 fully saturated rings. The van der Waals surface area contributed by atoms with Crippen LogP contribution in [0.1, 0.15) is 23.4 Å². The van der Waals surface area contributed by atoms with Gasteiger partial charge in [-0.05, 0) is 25.0 Å². The fourth-order valence-electron chi connectivity index (χ4n) is 3.03. The van der Waals surface area contributed by atoms with E-state index in [0.29, 0.717) is 12.1 Å². The molecule has 122 valence electrons. The molecule has 1 aromatic heterocycles. The Morgan fingerprint density at radius 3 is 3.09 bits per heavy atom. The highest BCUT2D eigenvalue weighted by atomic mass is 35.5. The topological polar surface area (TPSA) is 51.0 Å². The number of nitrogens with zero attached hydrogens (tertiary/aromatic N) is 4. The summed E-state index contributed by atoms with van der Waals surface area (Å²) in [6.45, 7) is 2.69. The molecule has 0 bridgehead atoms. The van der Waals surface area contributed by atoms with Gasteiger partial charge in [0.05, 0.1) is 6.04 Å². The zero-order valence-corrected chi connectivity index (χ0v) is 13.6. The lowest BCUT2D eigenvalue weighted by Crippen LogP contribution is -2.45. The van der Waals surface area contributed by atoms with E-state index < -0.39 is 0 Å². The highest BCUT2D eigenvalue weighted by molar-refractivity contribution is 6.27. The molecule has 5 nitrogen and oxygen atoms in total. The Kier molecular flexibility index (Phi) is 4.61. The number of rotatable bonds is 4. The standard InChI is InChI=1S/C16H18ClFN4O/c1-11-3-2-4-14(18)13(11)9-22(16(23)7-17)12-5-6-15-20-19-10-21(15)8-12/h2-4,10,12H,5-9H2,1H3. The number of hydrogen-bond donors (Lipinski definition) is 0. The summed E-state index contributed by atoms with van der Waals surface area (Å²) in [6, 6.07) is 4.90. The van der Waals surface area contributed by atoms with Crippen molar-refractivity contribution in [2.75, 3.05) is 5.88 Å². The summed E-state index contributed by atoms with van der Waals surface area (Å²) in [7, 11) is 0. The van der Waals surface area contributed by atoms with E-state index in [1.54, 1.807) is 17.3 Å². The molecule has 7 heteroatoms. The molecule has 1 aromatic carbocycles. The molecular weight excluding hydrogens is 319 g/mol. The summed E-state index contributed by atoms with van der Waals surface area (Å²) in [4.78, 5) is 14.0. The first-order valence-electron chi connectivity index (χ1n) is 7.56. The molecule has 2 aromatic rings. The summed E-state index contributed by atoms with van der Waals surface area (Å²) >= 11 is 5.77. The highest BCUT2D eigenvalue weighted by Crippen LogP contribution is 2.22. The molecular formula is C16H18ClFN4O. The first-order chi connectivity index (χ1) is 11.1. The first-order valence-corrected chi connectivity index (χ1v) is 8.09. The molecule has 1 unspecified atom stereocenters. The Hall–Kier alpha value is -1.95. The van der Waals surface area contributed by atoms with E-state index in [1.807, 2.05) is 17.6 Å². The number of benzene rings is 1. The van der Waals surface area contributed by atoms with Crippen LogP contribution < -0.4 is 0 Å². The van der Waals surface area contributed by atoms with E-state index in [4.69, 9.17) is 11.6 Å². The molecule has 0 radical (unpaired) electrons. The van der Waals surface area contributed by atoms with Gasteiger partial charge in [-0.15, -0.1) is 21.8 Å². The SMILES string of the molecule is Cc1cccc(F)c1CN(C(=O)CCl)C1CCc2nncn2C1. The lowest BCUT2D eigenvalue weighted by atomic mass is 10.0. The molecule has 2 heterocycles. The quantitative estimate of drug-likeness (QED) is 0.805. The van der Waals surface area contributed by atoms with Gasteiger partial charge in [0, 0.05) is 25.1 Å². The molecule has 0 N–H and O–H groups in total. The van der Waals surface area contributed by atoms with E-state index >= 15 is 0 Å². The summed E-state index contributed by atoms with van der Waals surface area (Å²) in [5.41, 5.74) is 1.37. The number of hydrogen-bond acceptors (Lipinski definition) is 3. The van der Waals surface area contributed by atoms with Crippen LogP contribution in [0.4, 0.5) is 4.39 Å². The predicted octanol–water partition coefficient (Wildman–Crippen LogP) is 2.31. The van der Waals surface area contributed by atoms with Crippen molar-refractivity contribution in [3.05, 3.63) is 47.3 Å². The number of carbonyl (C=O) groups is 1. The molecule has 1 aliphatic rings. The van der Waals surface area contributed by atoms with Crippen LogP contribution in [-0.4, -0.2) is 37.5 Å². The summed E-state index contributed by atoms with van der Waals surface area (Å²) in [5.74, 6) is 0.328. The fraction of sp³-hybridized carbons (Fsp3) is 0.438. The molecule has 23 heavy (non-hydrogen) atoms. The average molecular weight is 337 g/mol. The van der Waals surface area contributed by atoms with Crippen LogP contribution in [0.3, 0.4) is 0 Å². The average Bonchev–Trinajstić information content (AvgIpc) is 3.01.